The van der Waals surface area contributed by atoms with Crippen LogP contribution in [0.4, 0.5) is 0 Å². The molecule has 4 aliphatic rings. The average Bonchev–Trinajstić information content (AvgIpc) is 3.26. The first kappa shape index (κ1) is 32.8. The van der Waals surface area contributed by atoms with Gasteiger partial charge >= 0.3 is 0 Å². The molecule has 4 fully saturated rings. The van der Waals surface area contributed by atoms with Crippen LogP contribution in [0.3, 0.4) is 0 Å². The summed E-state index contributed by atoms with van der Waals surface area (Å²) in [6.45, 7) is 12.4. The Morgan fingerprint density at radius 3 is 2.54 bits per heavy atom. The van der Waals surface area contributed by atoms with E-state index in [1.54, 1.807) is 0 Å². The van der Waals surface area contributed by atoms with E-state index in [-0.39, 0.29) is 11.8 Å². The molecule has 0 radical (unpaired) electrons. The molecule has 0 aromatic carbocycles. The molecule has 234 valence electrons. The quantitative estimate of drug-likeness (QED) is 0.244. The van der Waals surface area contributed by atoms with Crippen molar-refractivity contribution >= 4 is 0 Å². The third-order valence-electron chi connectivity index (χ3n) is 10.6. The summed E-state index contributed by atoms with van der Waals surface area (Å²) in [6.07, 6.45) is 5.91. The van der Waals surface area contributed by atoms with Crippen LogP contribution in [0.5, 0.6) is 0 Å². The summed E-state index contributed by atoms with van der Waals surface area (Å²) in [4.78, 5) is 0. The van der Waals surface area contributed by atoms with Crippen LogP contribution in [0.2, 0.25) is 0 Å². The Balaban J connectivity index is 1.44. The van der Waals surface area contributed by atoms with E-state index in [9.17, 15) is 30.6 Å². The Labute approximate surface area is 245 Å². The molecular formula is C33H54O8. The van der Waals surface area contributed by atoms with Crippen LogP contribution in [0.15, 0.2) is 35.5 Å². The van der Waals surface area contributed by atoms with Crippen LogP contribution in [0, 0.1) is 23.2 Å². The zero-order chi connectivity index (χ0) is 30.1. The smallest absolute Gasteiger partial charge is 0.187 e. The molecule has 9 unspecified atom stereocenters. The van der Waals surface area contributed by atoms with Crippen molar-refractivity contribution in [2.45, 2.75) is 140 Å². The molecule has 3 aliphatic carbocycles. The summed E-state index contributed by atoms with van der Waals surface area (Å²) < 4.78 is 11.5. The van der Waals surface area contributed by atoms with Crippen molar-refractivity contribution in [1.29, 1.82) is 0 Å². The van der Waals surface area contributed by atoms with E-state index in [1.807, 2.05) is 13.8 Å². The molecule has 8 heteroatoms. The largest absolute Gasteiger partial charge is 0.394 e. The van der Waals surface area contributed by atoms with E-state index in [0.29, 0.717) is 29.7 Å². The second-order valence-electron chi connectivity index (χ2n) is 14.2. The summed E-state index contributed by atoms with van der Waals surface area (Å²) in [6, 6.07) is 0. The molecule has 1 saturated heterocycles. The fourth-order valence-corrected chi connectivity index (χ4v) is 8.20. The molecule has 1 aliphatic heterocycles. The maximum absolute atomic E-state index is 10.7. The Morgan fingerprint density at radius 1 is 1.12 bits per heavy atom. The lowest BCUT2D eigenvalue weighted by atomic mass is 9.60. The minimum absolute atomic E-state index is 0.272. The van der Waals surface area contributed by atoms with Crippen LogP contribution in [0.1, 0.15) is 91.9 Å². The SMILES string of the molecule is C=C1/C(=C\C=C2/CCC[C@@]3(C)C2CCC3C(C)CCCC(C)(C)O)C[C@@H](O)CC1OC1OC(CO)C(O)C(O)C1O. The van der Waals surface area contributed by atoms with Gasteiger partial charge in [0.1, 0.15) is 24.4 Å². The highest BCUT2D eigenvalue weighted by molar-refractivity contribution is 5.39. The van der Waals surface area contributed by atoms with Gasteiger partial charge in [0.05, 0.1) is 24.4 Å². The van der Waals surface area contributed by atoms with Gasteiger partial charge in [-0.25, -0.2) is 0 Å². The zero-order valence-corrected chi connectivity index (χ0v) is 25.4. The second kappa shape index (κ2) is 13.3. The third-order valence-corrected chi connectivity index (χ3v) is 10.6. The molecule has 41 heavy (non-hydrogen) atoms. The van der Waals surface area contributed by atoms with Crippen molar-refractivity contribution in [3.63, 3.8) is 0 Å². The number of aliphatic hydroxyl groups excluding tert-OH is 5. The molecule has 0 amide bonds. The molecule has 0 spiro atoms. The minimum Gasteiger partial charge on any atom is -0.394 e. The van der Waals surface area contributed by atoms with E-state index in [2.05, 4.69) is 32.6 Å². The van der Waals surface area contributed by atoms with Gasteiger partial charge in [0.15, 0.2) is 6.29 Å². The molecule has 11 atom stereocenters. The molecule has 6 N–H and O–H groups in total. The van der Waals surface area contributed by atoms with Crippen LogP contribution >= 0.6 is 0 Å². The maximum atomic E-state index is 10.7. The summed E-state index contributed by atoms with van der Waals surface area (Å²) >= 11 is 0. The number of ether oxygens (including phenoxy) is 2. The van der Waals surface area contributed by atoms with Crippen LogP contribution in [-0.4, -0.2) is 85.8 Å². The van der Waals surface area contributed by atoms with Gasteiger partial charge in [-0.3, -0.25) is 0 Å². The lowest BCUT2D eigenvalue weighted by molar-refractivity contribution is -0.309. The summed E-state index contributed by atoms with van der Waals surface area (Å²) in [5.74, 6) is 1.84. The molecule has 0 aromatic rings. The normalized spacial score (nSPS) is 43.0. The molecular weight excluding hydrogens is 524 g/mol. The first-order chi connectivity index (χ1) is 19.2. The molecule has 1 heterocycles. The standard InChI is InChI=1S/C33H54O8/c1-19(8-6-14-32(3,4)39)24-12-13-25-21(9-7-15-33(24,25)5)10-11-22-16-23(35)17-26(20(22)2)40-31-30(38)29(37)28(36)27(18-34)41-31/h10-11,19,23-31,34-39H,2,6-9,12-18H2,1,3-5H3/b21-10+,22-11-/t19?,23-,24?,25?,26?,27?,28?,29?,30?,31?,33-/m1/s1. The monoisotopic (exact) mass is 578 g/mol. The van der Waals surface area contributed by atoms with Gasteiger partial charge in [-0.1, -0.05) is 51.0 Å². The van der Waals surface area contributed by atoms with Crippen molar-refractivity contribution in [3.05, 3.63) is 35.5 Å². The lowest BCUT2D eigenvalue weighted by Gasteiger charge is -2.44. The third kappa shape index (κ3) is 7.35. The van der Waals surface area contributed by atoms with Gasteiger partial charge < -0.3 is 40.1 Å². The number of rotatable bonds is 9. The van der Waals surface area contributed by atoms with Gasteiger partial charge in [0.25, 0.3) is 0 Å². The van der Waals surface area contributed by atoms with Gasteiger partial charge in [-0.05, 0) is 93.1 Å². The van der Waals surface area contributed by atoms with E-state index in [0.717, 1.165) is 31.3 Å². The number of hydrogen-bond acceptors (Lipinski definition) is 8. The van der Waals surface area contributed by atoms with E-state index in [4.69, 9.17) is 9.47 Å². The van der Waals surface area contributed by atoms with Crippen LogP contribution in [-0.2, 0) is 9.47 Å². The summed E-state index contributed by atoms with van der Waals surface area (Å²) in [5.41, 5.74) is 2.73. The Bertz CT molecular complexity index is 967. The predicted octanol–water partition coefficient (Wildman–Crippen LogP) is 3.53. The van der Waals surface area contributed by atoms with Crippen molar-refractivity contribution < 1.29 is 40.1 Å². The summed E-state index contributed by atoms with van der Waals surface area (Å²) in [5, 5.41) is 61.0. The van der Waals surface area contributed by atoms with Gasteiger partial charge in [0.2, 0.25) is 0 Å². The van der Waals surface area contributed by atoms with Crippen LogP contribution < -0.4 is 0 Å². The minimum atomic E-state index is -1.52. The lowest BCUT2D eigenvalue weighted by Crippen LogP contribution is -2.60. The highest BCUT2D eigenvalue weighted by Gasteiger charge is 2.50. The Kier molecular flexibility index (Phi) is 10.6. The number of hydrogen-bond donors (Lipinski definition) is 6. The zero-order valence-electron chi connectivity index (χ0n) is 25.4. The van der Waals surface area contributed by atoms with Gasteiger partial charge in [0, 0.05) is 6.42 Å². The van der Waals surface area contributed by atoms with Crippen molar-refractivity contribution in [2.75, 3.05) is 6.61 Å². The number of aliphatic hydroxyl groups is 6. The molecule has 3 saturated carbocycles. The fourth-order valence-electron chi connectivity index (χ4n) is 8.20. The first-order valence-electron chi connectivity index (χ1n) is 15.7. The molecule has 8 nitrogen and oxygen atoms in total. The van der Waals surface area contributed by atoms with Gasteiger partial charge in [-0.15, -0.1) is 0 Å². The first-order valence-corrected chi connectivity index (χ1v) is 15.7. The molecule has 4 rings (SSSR count). The highest BCUT2D eigenvalue weighted by Crippen LogP contribution is 2.60. The Hall–Kier alpha value is -1.10. The fraction of sp³-hybridized carbons (Fsp3) is 0.818. The number of allylic oxidation sites excluding steroid dienone is 3. The second-order valence-corrected chi connectivity index (χ2v) is 14.2. The van der Waals surface area contributed by atoms with Crippen LogP contribution in [0.25, 0.3) is 0 Å². The summed E-state index contributed by atoms with van der Waals surface area (Å²) in [7, 11) is 0. The average molecular weight is 579 g/mol. The predicted molar refractivity (Wildman–Crippen MR) is 157 cm³/mol. The van der Waals surface area contributed by atoms with Crippen molar-refractivity contribution in [2.24, 2.45) is 23.2 Å². The van der Waals surface area contributed by atoms with Gasteiger partial charge in [-0.2, -0.15) is 0 Å². The van der Waals surface area contributed by atoms with Crippen molar-refractivity contribution in [3.8, 4) is 0 Å². The number of fused-ring (bicyclic) bond motifs is 1. The highest BCUT2D eigenvalue weighted by atomic mass is 16.7. The van der Waals surface area contributed by atoms with E-state index in [1.165, 1.54) is 31.3 Å². The molecule has 0 bridgehead atoms. The van der Waals surface area contributed by atoms with Crippen molar-refractivity contribution in [1.82, 2.24) is 0 Å². The topological polar surface area (TPSA) is 140 Å². The molecule has 0 aromatic heterocycles. The van der Waals surface area contributed by atoms with E-state index >= 15 is 0 Å². The maximum Gasteiger partial charge on any atom is 0.187 e. The van der Waals surface area contributed by atoms with E-state index < -0.39 is 55.1 Å². The Morgan fingerprint density at radius 2 is 1.85 bits per heavy atom.